The van der Waals surface area contributed by atoms with Gasteiger partial charge in [0.1, 0.15) is 5.60 Å². The Hall–Kier alpha value is -1.00. The van der Waals surface area contributed by atoms with Gasteiger partial charge in [-0.15, -0.1) is 0 Å². The fourth-order valence-electron chi connectivity index (χ4n) is 1.62. The number of hydrogen-bond acceptors (Lipinski definition) is 4. The normalized spacial score (nSPS) is 16.2. The molecule has 0 aliphatic heterocycles. The maximum absolute atomic E-state index is 5.43. The van der Waals surface area contributed by atoms with E-state index in [2.05, 4.69) is 15.3 Å². The van der Waals surface area contributed by atoms with Crippen LogP contribution in [-0.4, -0.2) is 23.1 Å². The van der Waals surface area contributed by atoms with E-state index in [1.807, 2.05) is 26.8 Å². The van der Waals surface area contributed by atoms with E-state index in [9.17, 15) is 0 Å². The van der Waals surface area contributed by atoms with E-state index in [-0.39, 0.29) is 0 Å². The molecule has 2 rings (SSSR count). The Morgan fingerprint density at radius 1 is 1.41 bits per heavy atom. The molecule has 0 bridgehead atoms. The zero-order valence-corrected chi connectivity index (χ0v) is 11.1. The monoisotopic (exact) mass is 235 g/mol. The third-order valence-electron chi connectivity index (χ3n) is 3.11. The lowest BCUT2D eigenvalue weighted by Crippen LogP contribution is -2.25. The fraction of sp³-hybridized carbons (Fsp3) is 0.692. The van der Waals surface area contributed by atoms with Gasteiger partial charge in [-0.25, -0.2) is 9.97 Å². The first-order chi connectivity index (χ1) is 8.01. The predicted molar refractivity (Wildman–Crippen MR) is 66.7 cm³/mol. The molecule has 0 saturated heterocycles. The molecule has 4 heteroatoms. The molecule has 1 heterocycles. The molecule has 1 saturated carbocycles. The molecule has 94 valence electrons. The lowest BCUT2D eigenvalue weighted by molar-refractivity contribution is 0.0111. The van der Waals surface area contributed by atoms with Crippen molar-refractivity contribution in [2.45, 2.75) is 51.8 Å². The van der Waals surface area contributed by atoms with Crippen molar-refractivity contribution < 1.29 is 4.74 Å². The summed E-state index contributed by atoms with van der Waals surface area (Å²) in [5, 5.41) is 3.47. The number of aromatic nitrogens is 2. The van der Waals surface area contributed by atoms with Crippen LogP contribution >= 0.6 is 0 Å². The van der Waals surface area contributed by atoms with Crippen LogP contribution in [0.2, 0.25) is 0 Å². The molecule has 4 nitrogen and oxygen atoms in total. The van der Waals surface area contributed by atoms with Crippen molar-refractivity contribution in [2.75, 3.05) is 7.11 Å². The van der Waals surface area contributed by atoms with Crippen LogP contribution < -0.4 is 5.32 Å². The van der Waals surface area contributed by atoms with Gasteiger partial charge in [0.25, 0.3) is 0 Å². The van der Waals surface area contributed by atoms with Crippen LogP contribution in [0, 0.1) is 6.92 Å². The number of ether oxygens (including phenoxy) is 1. The second kappa shape index (κ2) is 4.70. The summed E-state index contributed by atoms with van der Waals surface area (Å²) in [5.74, 6) is 0.757. The summed E-state index contributed by atoms with van der Waals surface area (Å²) < 4.78 is 5.43. The van der Waals surface area contributed by atoms with Crippen LogP contribution in [0.1, 0.15) is 43.9 Å². The Balaban J connectivity index is 2.15. The molecule has 1 aliphatic rings. The molecule has 0 aromatic carbocycles. The van der Waals surface area contributed by atoms with Gasteiger partial charge in [0.2, 0.25) is 0 Å². The van der Waals surface area contributed by atoms with Gasteiger partial charge in [-0.05, 0) is 39.7 Å². The van der Waals surface area contributed by atoms with Gasteiger partial charge in [-0.2, -0.15) is 0 Å². The summed E-state index contributed by atoms with van der Waals surface area (Å²) in [4.78, 5) is 9.03. The first kappa shape index (κ1) is 12.5. The highest BCUT2D eigenvalue weighted by molar-refractivity contribution is 5.13. The van der Waals surface area contributed by atoms with Gasteiger partial charge in [0, 0.05) is 25.4 Å². The van der Waals surface area contributed by atoms with Gasteiger partial charge in [-0.1, -0.05) is 0 Å². The van der Waals surface area contributed by atoms with Crippen LogP contribution in [0.4, 0.5) is 0 Å². The first-order valence-corrected chi connectivity index (χ1v) is 6.15. The molecular formula is C13H21N3O. The summed E-state index contributed by atoms with van der Waals surface area (Å²) in [6.07, 6.45) is 2.58. The average Bonchev–Trinajstić information content (AvgIpc) is 3.09. The van der Waals surface area contributed by atoms with Crippen molar-refractivity contribution in [3.8, 4) is 0 Å². The maximum Gasteiger partial charge on any atom is 0.160 e. The Bertz CT molecular complexity index is 400. The molecular weight excluding hydrogens is 214 g/mol. The molecule has 0 spiro atoms. The Labute approximate surface area is 103 Å². The molecule has 0 unspecified atom stereocenters. The lowest BCUT2D eigenvalue weighted by Gasteiger charge is -2.22. The SMILES string of the molecule is COC(C)(C)c1nc(C)cc(CNC2CC2)n1. The van der Waals surface area contributed by atoms with Crippen molar-refractivity contribution >= 4 is 0 Å². The second-order valence-corrected chi connectivity index (χ2v) is 5.19. The number of methoxy groups -OCH3 is 1. The van der Waals surface area contributed by atoms with Crippen molar-refractivity contribution in [1.29, 1.82) is 0 Å². The number of hydrogen-bond donors (Lipinski definition) is 1. The van der Waals surface area contributed by atoms with E-state index >= 15 is 0 Å². The smallest absolute Gasteiger partial charge is 0.160 e. The predicted octanol–water partition coefficient (Wildman–Crippen LogP) is 1.92. The van der Waals surface area contributed by atoms with E-state index in [1.54, 1.807) is 7.11 Å². The number of aryl methyl sites for hydroxylation is 1. The van der Waals surface area contributed by atoms with Crippen molar-refractivity contribution in [1.82, 2.24) is 15.3 Å². The molecule has 0 radical (unpaired) electrons. The minimum Gasteiger partial charge on any atom is -0.371 e. The van der Waals surface area contributed by atoms with Gasteiger partial charge in [-0.3, -0.25) is 0 Å². The molecule has 17 heavy (non-hydrogen) atoms. The summed E-state index contributed by atoms with van der Waals surface area (Å²) >= 11 is 0. The molecule has 1 aromatic rings. The van der Waals surface area contributed by atoms with Crippen LogP contribution in [0.25, 0.3) is 0 Å². The summed E-state index contributed by atoms with van der Waals surface area (Å²) in [5.41, 5.74) is 1.61. The van der Waals surface area contributed by atoms with Crippen LogP contribution in [-0.2, 0) is 16.9 Å². The van der Waals surface area contributed by atoms with Crippen molar-refractivity contribution in [3.05, 3.63) is 23.3 Å². The first-order valence-electron chi connectivity index (χ1n) is 6.15. The minimum atomic E-state index is -0.430. The zero-order chi connectivity index (χ0) is 12.5. The lowest BCUT2D eigenvalue weighted by atomic mass is 10.1. The Morgan fingerprint density at radius 2 is 2.12 bits per heavy atom. The number of rotatable bonds is 5. The number of nitrogens with one attached hydrogen (secondary N) is 1. The van der Waals surface area contributed by atoms with Crippen LogP contribution in [0.15, 0.2) is 6.07 Å². The summed E-state index contributed by atoms with van der Waals surface area (Å²) in [7, 11) is 1.69. The highest BCUT2D eigenvalue weighted by atomic mass is 16.5. The summed E-state index contributed by atoms with van der Waals surface area (Å²) in [6.45, 7) is 6.79. The van der Waals surface area contributed by atoms with Gasteiger partial charge >= 0.3 is 0 Å². The molecule has 1 fully saturated rings. The highest BCUT2D eigenvalue weighted by Crippen LogP contribution is 2.22. The van der Waals surface area contributed by atoms with E-state index in [0.717, 1.165) is 23.8 Å². The Morgan fingerprint density at radius 3 is 2.71 bits per heavy atom. The van der Waals surface area contributed by atoms with Crippen molar-refractivity contribution in [3.63, 3.8) is 0 Å². The van der Waals surface area contributed by atoms with Crippen molar-refractivity contribution in [2.24, 2.45) is 0 Å². The van der Waals surface area contributed by atoms with Gasteiger partial charge in [0.05, 0.1) is 5.69 Å². The van der Waals surface area contributed by atoms with Gasteiger partial charge in [0.15, 0.2) is 5.82 Å². The topological polar surface area (TPSA) is 47.0 Å². The summed E-state index contributed by atoms with van der Waals surface area (Å²) in [6, 6.07) is 2.73. The fourth-order valence-corrected chi connectivity index (χ4v) is 1.62. The minimum absolute atomic E-state index is 0.430. The quantitative estimate of drug-likeness (QED) is 0.847. The highest BCUT2D eigenvalue weighted by Gasteiger charge is 2.24. The maximum atomic E-state index is 5.43. The third kappa shape index (κ3) is 3.23. The molecule has 1 aliphatic carbocycles. The largest absolute Gasteiger partial charge is 0.371 e. The number of nitrogens with zero attached hydrogens (tertiary/aromatic N) is 2. The van der Waals surface area contributed by atoms with E-state index in [0.29, 0.717) is 6.04 Å². The van der Waals surface area contributed by atoms with Crippen LogP contribution in [0.5, 0.6) is 0 Å². The molecule has 0 amide bonds. The van der Waals surface area contributed by atoms with E-state index in [1.165, 1.54) is 12.8 Å². The third-order valence-corrected chi connectivity index (χ3v) is 3.11. The second-order valence-electron chi connectivity index (χ2n) is 5.19. The molecule has 1 aromatic heterocycles. The average molecular weight is 235 g/mol. The van der Waals surface area contributed by atoms with E-state index < -0.39 is 5.60 Å². The zero-order valence-electron chi connectivity index (χ0n) is 11.1. The molecule has 0 atom stereocenters. The van der Waals surface area contributed by atoms with Gasteiger partial charge < -0.3 is 10.1 Å². The standard InChI is InChI=1S/C13H21N3O/c1-9-7-11(8-14-10-5-6-10)16-12(15-9)13(2,3)17-4/h7,10,14H,5-6,8H2,1-4H3. The van der Waals surface area contributed by atoms with Crippen LogP contribution in [0.3, 0.4) is 0 Å². The molecule has 1 N–H and O–H groups in total. The van der Waals surface area contributed by atoms with E-state index in [4.69, 9.17) is 4.74 Å². The Kier molecular flexibility index (Phi) is 3.45.